The van der Waals surface area contributed by atoms with Gasteiger partial charge in [-0.2, -0.15) is 18.4 Å². The number of alkyl halides is 3. The Morgan fingerprint density at radius 3 is 2.56 bits per heavy atom. The average Bonchev–Trinajstić information content (AvgIpc) is 2.25. The molecule has 0 aliphatic carbocycles. The molecule has 0 unspecified atom stereocenters. The Morgan fingerprint density at radius 2 is 2.11 bits per heavy atom. The Morgan fingerprint density at radius 1 is 1.50 bits per heavy atom. The highest BCUT2D eigenvalue weighted by atomic mass is 79.9. The summed E-state index contributed by atoms with van der Waals surface area (Å²) in [7, 11) is 1.08. The number of rotatable bonds is 2. The average molecular weight is 340 g/mol. The highest BCUT2D eigenvalue weighted by Crippen LogP contribution is 2.40. The second-order valence-corrected chi connectivity index (χ2v) is 5.00. The molecule has 0 aromatic heterocycles. The Kier molecular flexibility index (Phi) is 4.65. The molecule has 0 radical (unpaired) electrons. The van der Waals surface area contributed by atoms with Gasteiger partial charge in [-0.3, -0.25) is 0 Å². The van der Waals surface area contributed by atoms with Crippen LogP contribution in [0.1, 0.15) is 15.9 Å². The summed E-state index contributed by atoms with van der Waals surface area (Å²) in [5, 5.41) is 8.88. The van der Waals surface area contributed by atoms with Gasteiger partial charge in [-0.05, 0) is 23.9 Å². The summed E-state index contributed by atoms with van der Waals surface area (Å²) < 4.78 is 41.7. The highest BCUT2D eigenvalue weighted by Gasteiger charge is 2.32. The number of nitrogens with zero attached hydrogens (tertiary/aromatic N) is 1. The number of carbonyl (C=O) groups excluding carboxylic acids is 1. The molecule has 0 bridgehead atoms. The van der Waals surface area contributed by atoms with Crippen molar-refractivity contribution in [1.82, 2.24) is 0 Å². The number of nitriles is 1. The Labute approximate surface area is 113 Å². The fourth-order valence-corrected chi connectivity index (χ4v) is 2.48. The predicted molar refractivity (Wildman–Crippen MR) is 62.1 cm³/mol. The molecule has 1 aromatic carbocycles. The van der Waals surface area contributed by atoms with Crippen LogP contribution in [0.25, 0.3) is 0 Å². The molecule has 0 spiro atoms. The number of thioether (sulfide) groups is 1. The summed E-state index contributed by atoms with van der Waals surface area (Å²) in [4.78, 5) is 11.0. The fourth-order valence-electron chi connectivity index (χ4n) is 1.17. The molecule has 8 heteroatoms. The summed E-state index contributed by atoms with van der Waals surface area (Å²) in [6.45, 7) is 0. The molecule has 0 saturated heterocycles. The van der Waals surface area contributed by atoms with E-state index in [9.17, 15) is 18.0 Å². The summed E-state index contributed by atoms with van der Waals surface area (Å²) in [6.07, 6.45) is 0. The first kappa shape index (κ1) is 14.9. The predicted octanol–water partition coefficient (Wildman–Crippen LogP) is 3.72. The van der Waals surface area contributed by atoms with Crippen molar-refractivity contribution in [3.63, 3.8) is 0 Å². The van der Waals surface area contributed by atoms with Crippen LogP contribution in [0, 0.1) is 11.3 Å². The van der Waals surface area contributed by atoms with E-state index in [1.165, 1.54) is 6.07 Å². The van der Waals surface area contributed by atoms with E-state index >= 15 is 0 Å². The molecular formula is C10H5BrF3NO2S. The smallest absolute Gasteiger partial charge is 0.446 e. The van der Waals surface area contributed by atoms with E-state index in [2.05, 4.69) is 20.7 Å². The van der Waals surface area contributed by atoms with Crippen LogP contribution in [0.5, 0.6) is 0 Å². The molecule has 0 saturated carbocycles. The molecule has 0 atom stereocenters. The SMILES string of the molecule is COC(=O)c1cc(Br)cc(SC(F)(F)F)c1C#N. The number of methoxy groups -OCH3 is 1. The van der Waals surface area contributed by atoms with Gasteiger partial charge in [0.05, 0.1) is 18.2 Å². The van der Waals surface area contributed by atoms with Crippen LogP contribution >= 0.6 is 27.7 Å². The summed E-state index contributed by atoms with van der Waals surface area (Å²) in [6, 6.07) is 3.96. The van der Waals surface area contributed by atoms with Crippen molar-refractivity contribution in [2.45, 2.75) is 10.4 Å². The van der Waals surface area contributed by atoms with Gasteiger partial charge in [0.25, 0.3) is 0 Å². The van der Waals surface area contributed by atoms with Gasteiger partial charge in [-0.1, -0.05) is 15.9 Å². The quantitative estimate of drug-likeness (QED) is 0.608. The zero-order valence-electron chi connectivity index (χ0n) is 8.84. The van der Waals surface area contributed by atoms with E-state index in [1.807, 2.05) is 0 Å². The molecule has 0 aliphatic heterocycles. The van der Waals surface area contributed by atoms with Crippen molar-refractivity contribution in [3.8, 4) is 6.07 Å². The molecule has 1 aromatic rings. The molecule has 0 fully saturated rings. The maximum absolute atomic E-state index is 12.3. The van der Waals surface area contributed by atoms with E-state index in [1.54, 1.807) is 6.07 Å². The second kappa shape index (κ2) is 5.63. The third-order valence-electron chi connectivity index (χ3n) is 1.81. The lowest BCUT2D eigenvalue weighted by molar-refractivity contribution is -0.0328. The molecule has 0 N–H and O–H groups in total. The Bertz CT molecular complexity index is 525. The van der Waals surface area contributed by atoms with Gasteiger partial charge in [0.15, 0.2) is 0 Å². The molecule has 0 heterocycles. The van der Waals surface area contributed by atoms with Crippen molar-refractivity contribution in [1.29, 1.82) is 5.26 Å². The van der Waals surface area contributed by atoms with Crippen molar-refractivity contribution < 1.29 is 22.7 Å². The Balaban J connectivity index is 3.39. The monoisotopic (exact) mass is 339 g/mol. The van der Waals surface area contributed by atoms with Crippen molar-refractivity contribution in [3.05, 3.63) is 27.7 Å². The van der Waals surface area contributed by atoms with Crippen LogP contribution in [0.15, 0.2) is 21.5 Å². The lowest BCUT2D eigenvalue weighted by Gasteiger charge is -2.10. The number of carbonyl (C=O) groups is 1. The highest BCUT2D eigenvalue weighted by molar-refractivity contribution is 9.10. The Hall–Kier alpha value is -1.20. The lowest BCUT2D eigenvalue weighted by Crippen LogP contribution is -2.07. The van der Waals surface area contributed by atoms with Gasteiger partial charge < -0.3 is 4.74 Å². The first-order valence-corrected chi connectivity index (χ1v) is 5.97. The van der Waals surface area contributed by atoms with Crippen molar-refractivity contribution in [2.75, 3.05) is 7.11 Å². The normalized spacial score (nSPS) is 10.9. The van der Waals surface area contributed by atoms with Crippen LogP contribution in [0.2, 0.25) is 0 Å². The molecule has 0 aliphatic rings. The second-order valence-electron chi connectivity index (χ2n) is 2.98. The maximum atomic E-state index is 12.3. The molecule has 3 nitrogen and oxygen atoms in total. The summed E-state index contributed by atoms with van der Waals surface area (Å²) in [5.74, 6) is -0.864. The third-order valence-corrected chi connectivity index (χ3v) is 3.04. The van der Waals surface area contributed by atoms with E-state index in [4.69, 9.17) is 5.26 Å². The zero-order chi connectivity index (χ0) is 13.9. The standard InChI is InChI=1S/C10H5BrF3NO2S/c1-17-9(16)6-2-5(11)3-8(7(6)4-15)18-10(12,13)14/h2-3H,1H3. The van der Waals surface area contributed by atoms with Gasteiger partial charge in [0.1, 0.15) is 6.07 Å². The van der Waals surface area contributed by atoms with Crippen LogP contribution in [-0.4, -0.2) is 18.6 Å². The van der Waals surface area contributed by atoms with Crippen LogP contribution in [0.4, 0.5) is 13.2 Å². The number of halogens is 4. The van der Waals surface area contributed by atoms with E-state index in [0.29, 0.717) is 0 Å². The molecule has 0 amide bonds. The number of esters is 1. The first-order chi connectivity index (χ1) is 8.28. The topological polar surface area (TPSA) is 50.1 Å². The van der Waals surface area contributed by atoms with E-state index in [0.717, 1.165) is 13.2 Å². The summed E-state index contributed by atoms with van der Waals surface area (Å²) in [5.41, 5.74) is -5.10. The van der Waals surface area contributed by atoms with Crippen molar-refractivity contribution in [2.24, 2.45) is 0 Å². The van der Waals surface area contributed by atoms with Crippen LogP contribution in [0.3, 0.4) is 0 Å². The zero-order valence-corrected chi connectivity index (χ0v) is 11.2. The van der Waals surface area contributed by atoms with E-state index in [-0.39, 0.29) is 20.5 Å². The first-order valence-electron chi connectivity index (χ1n) is 4.36. The largest absolute Gasteiger partial charge is 0.465 e. The van der Waals surface area contributed by atoms with Gasteiger partial charge in [0, 0.05) is 9.37 Å². The van der Waals surface area contributed by atoms with Crippen molar-refractivity contribution >= 4 is 33.7 Å². The maximum Gasteiger partial charge on any atom is 0.446 e. The summed E-state index contributed by atoms with van der Waals surface area (Å²) >= 11 is 2.53. The number of benzene rings is 1. The minimum Gasteiger partial charge on any atom is -0.465 e. The molecule has 18 heavy (non-hydrogen) atoms. The van der Waals surface area contributed by atoms with Gasteiger partial charge in [-0.25, -0.2) is 4.79 Å². The number of ether oxygens (including phenoxy) is 1. The van der Waals surface area contributed by atoms with E-state index < -0.39 is 23.2 Å². The minimum atomic E-state index is -4.54. The minimum absolute atomic E-state index is 0.207. The number of hydrogen-bond acceptors (Lipinski definition) is 4. The fraction of sp³-hybridized carbons (Fsp3) is 0.200. The van der Waals surface area contributed by atoms with Gasteiger partial charge >= 0.3 is 11.5 Å². The van der Waals surface area contributed by atoms with Crippen LogP contribution in [-0.2, 0) is 4.74 Å². The third kappa shape index (κ3) is 3.65. The van der Waals surface area contributed by atoms with Gasteiger partial charge in [-0.15, -0.1) is 0 Å². The van der Waals surface area contributed by atoms with Crippen LogP contribution < -0.4 is 0 Å². The lowest BCUT2D eigenvalue weighted by atomic mass is 10.1. The molecule has 96 valence electrons. The van der Waals surface area contributed by atoms with Gasteiger partial charge in [0.2, 0.25) is 0 Å². The molecule has 1 rings (SSSR count). The molecular weight excluding hydrogens is 335 g/mol. The number of hydrogen-bond donors (Lipinski definition) is 0.